The highest BCUT2D eigenvalue weighted by Gasteiger charge is 2.10. The van der Waals surface area contributed by atoms with Crippen molar-refractivity contribution in [3.8, 4) is 0 Å². The summed E-state index contributed by atoms with van der Waals surface area (Å²) in [6, 6.07) is 8.78. The van der Waals surface area contributed by atoms with E-state index in [1.54, 1.807) is 11.8 Å². The lowest BCUT2D eigenvalue weighted by molar-refractivity contribution is -0.127. The number of carbonyl (C=O) groups excluding carboxylic acids is 1. The smallest absolute Gasteiger partial charge is 0.232 e. The maximum atomic E-state index is 12.0. The number of hydrogen-bond donors (Lipinski definition) is 1. The fraction of sp³-hybridized carbons (Fsp3) is 0.562. The van der Waals surface area contributed by atoms with Gasteiger partial charge in [-0.3, -0.25) is 4.79 Å². The van der Waals surface area contributed by atoms with Crippen LogP contribution in [0.15, 0.2) is 29.2 Å². The van der Waals surface area contributed by atoms with Crippen LogP contribution >= 0.6 is 11.8 Å². The molecule has 0 radical (unpaired) electrons. The Morgan fingerprint density at radius 1 is 1.30 bits per heavy atom. The Balaban J connectivity index is 2.60. The average Bonchev–Trinajstić information content (AvgIpc) is 2.47. The summed E-state index contributed by atoms with van der Waals surface area (Å²) in [6.07, 6.45) is 0. The van der Waals surface area contributed by atoms with Gasteiger partial charge in [-0.2, -0.15) is 0 Å². The number of carbonyl (C=O) groups is 1. The Kier molecular flexibility index (Phi) is 7.70. The van der Waals surface area contributed by atoms with E-state index in [-0.39, 0.29) is 5.91 Å². The minimum Gasteiger partial charge on any atom is -0.343 e. The maximum absolute atomic E-state index is 12.0. The molecule has 0 aliphatic heterocycles. The summed E-state index contributed by atoms with van der Waals surface area (Å²) in [5.74, 6) is 0.728. The summed E-state index contributed by atoms with van der Waals surface area (Å²) in [5.41, 5.74) is 1.27. The lowest BCUT2D eigenvalue weighted by atomic mass is 10.1. The zero-order chi connectivity index (χ0) is 15.0. The van der Waals surface area contributed by atoms with Crippen molar-refractivity contribution in [3.05, 3.63) is 29.8 Å². The first-order valence-electron chi connectivity index (χ1n) is 7.36. The van der Waals surface area contributed by atoms with Crippen molar-refractivity contribution >= 4 is 17.7 Å². The van der Waals surface area contributed by atoms with Crippen LogP contribution < -0.4 is 5.32 Å². The van der Waals surface area contributed by atoms with E-state index < -0.39 is 0 Å². The molecule has 0 heterocycles. The number of nitrogens with zero attached hydrogens (tertiary/aromatic N) is 1. The van der Waals surface area contributed by atoms with Gasteiger partial charge in [-0.25, -0.2) is 0 Å². The van der Waals surface area contributed by atoms with E-state index in [1.165, 1.54) is 5.56 Å². The number of thioether (sulfide) groups is 1. The summed E-state index contributed by atoms with van der Waals surface area (Å²) in [6.45, 7) is 10.8. The Hall–Kier alpha value is -1.00. The van der Waals surface area contributed by atoms with Gasteiger partial charge >= 0.3 is 0 Å². The Bertz CT molecular complexity index is 419. The molecule has 112 valence electrons. The molecule has 1 amide bonds. The Morgan fingerprint density at radius 2 is 2.00 bits per heavy atom. The molecule has 0 aliphatic carbocycles. The van der Waals surface area contributed by atoms with Crippen LogP contribution in [0.5, 0.6) is 0 Å². The molecule has 3 nitrogen and oxygen atoms in total. The second kappa shape index (κ2) is 9.03. The lowest BCUT2D eigenvalue weighted by Gasteiger charge is -2.18. The quantitative estimate of drug-likeness (QED) is 0.747. The Morgan fingerprint density at radius 3 is 2.60 bits per heavy atom. The summed E-state index contributed by atoms with van der Waals surface area (Å²) < 4.78 is 0. The molecule has 1 aromatic rings. The van der Waals surface area contributed by atoms with E-state index in [4.69, 9.17) is 0 Å². The highest BCUT2D eigenvalue weighted by molar-refractivity contribution is 8.00. The highest BCUT2D eigenvalue weighted by Crippen LogP contribution is 2.22. The van der Waals surface area contributed by atoms with Gasteiger partial charge in [0.1, 0.15) is 0 Å². The second-order valence-corrected chi connectivity index (χ2v) is 5.76. The normalized spacial score (nSPS) is 12.2. The van der Waals surface area contributed by atoms with Crippen LogP contribution in [0.3, 0.4) is 0 Å². The Labute approximate surface area is 127 Å². The molecule has 0 fully saturated rings. The van der Waals surface area contributed by atoms with E-state index in [0.29, 0.717) is 11.8 Å². The van der Waals surface area contributed by atoms with Crippen molar-refractivity contribution in [2.24, 2.45) is 0 Å². The third kappa shape index (κ3) is 5.17. The molecule has 1 unspecified atom stereocenters. The molecule has 1 rings (SSSR count). The zero-order valence-electron chi connectivity index (χ0n) is 13.0. The highest BCUT2D eigenvalue weighted by atomic mass is 32.2. The summed E-state index contributed by atoms with van der Waals surface area (Å²) >= 11 is 1.62. The van der Waals surface area contributed by atoms with Gasteiger partial charge in [0.05, 0.1) is 5.75 Å². The van der Waals surface area contributed by atoms with Gasteiger partial charge in [0.2, 0.25) is 5.91 Å². The van der Waals surface area contributed by atoms with Gasteiger partial charge < -0.3 is 10.2 Å². The minimum absolute atomic E-state index is 0.213. The van der Waals surface area contributed by atoms with Gasteiger partial charge in [-0.05, 0) is 45.0 Å². The molecule has 0 spiro atoms. The number of benzene rings is 1. The average molecular weight is 294 g/mol. The van der Waals surface area contributed by atoms with Crippen molar-refractivity contribution in [3.63, 3.8) is 0 Å². The SMILES string of the molecule is CCNC(C)c1cccc(SCC(=O)N(CC)CC)c1. The summed E-state index contributed by atoms with van der Waals surface area (Å²) in [5, 5.41) is 3.41. The van der Waals surface area contributed by atoms with E-state index in [2.05, 4.69) is 43.4 Å². The van der Waals surface area contributed by atoms with E-state index >= 15 is 0 Å². The zero-order valence-corrected chi connectivity index (χ0v) is 13.8. The molecule has 1 aromatic carbocycles. The first-order valence-corrected chi connectivity index (χ1v) is 8.34. The van der Waals surface area contributed by atoms with Crippen LogP contribution in [-0.4, -0.2) is 36.2 Å². The number of rotatable bonds is 8. The van der Waals surface area contributed by atoms with Gasteiger partial charge in [0.15, 0.2) is 0 Å². The van der Waals surface area contributed by atoms with E-state index in [1.807, 2.05) is 18.7 Å². The molecule has 20 heavy (non-hydrogen) atoms. The van der Waals surface area contributed by atoms with Crippen LogP contribution in [0.2, 0.25) is 0 Å². The lowest BCUT2D eigenvalue weighted by Crippen LogP contribution is -2.31. The number of amides is 1. The first-order chi connectivity index (χ1) is 9.62. The fourth-order valence-corrected chi connectivity index (χ4v) is 2.98. The van der Waals surface area contributed by atoms with Crippen molar-refractivity contribution in [2.45, 2.75) is 38.6 Å². The molecule has 4 heteroatoms. The van der Waals surface area contributed by atoms with Crippen molar-refractivity contribution in [2.75, 3.05) is 25.4 Å². The van der Waals surface area contributed by atoms with Crippen LogP contribution in [0.4, 0.5) is 0 Å². The standard InChI is InChI=1S/C16H26N2OS/c1-5-17-13(4)14-9-8-10-15(11-14)20-12-16(19)18(6-2)7-3/h8-11,13,17H,5-7,12H2,1-4H3. The topological polar surface area (TPSA) is 32.3 Å². The molecule has 0 saturated carbocycles. The number of hydrogen-bond acceptors (Lipinski definition) is 3. The molecule has 1 atom stereocenters. The van der Waals surface area contributed by atoms with Crippen molar-refractivity contribution < 1.29 is 4.79 Å². The van der Waals surface area contributed by atoms with Crippen molar-refractivity contribution in [1.29, 1.82) is 0 Å². The molecule has 0 aliphatic rings. The van der Waals surface area contributed by atoms with Crippen LogP contribution in [0, 0.1) is 0 Å². The van der Waals surface area contributed by atoms with Crippen molar-refractivity contribution in [1.82, 2.24) is 10.2 Å². The molecule has 0 aromatic heterocycles. The summed E-state index contributed by atoms with van der Waals surface area (Å²) in [7, 11) is 0. The molecule has 1 N–H and O–H groups in total. The molecule has 0 saturated heterocycles. The van der Waals surface area contributed by atoms with Crippen LogP contribution in [-0.2, 0) is 4.79 Å². The van der Waals surface area contributed by atoms with Crippen LogP contribution in [0.1, 0.15) is 39.3 Å². The van der Waals surface area contributed by atoms with E-state index in [9.17, 15) is 4.79 Å². The van der Waals surface area contributed by atoms with Gasteiger partial charge in [-0.15, -0.1) is 11.8 Å². The third-order valence-corrected chi connectivity index (χ3v) is 4.33. The minimum atomic E-state index is 0.213. The predicted molar refractivity (Wildman–Crippen MR) is 87.2 cm³/mol. The first kappa shape index (κ1) is 17.1. The van der Waals surface area contributed by atoms with Gasteiger partial charge in [-0.1, -0.05) is 19.1 Å². The predicted octanol–water partition coefficient (Wildman–Crippen LogP) is 3.32. The number of nitrogens with one attached hydrogen (secondary N) is 1. The van der Waals surface area contributed by atoms with E-state index in [0.717, 1.165) is 24.5 Å². The molecule has 0 bridgehead atoms. The third-order valence-electron chi connectivity index (χ3n) is 3.35. The van der Waals surface area contributed by atoms with Gasteiger partial charge in [0.25, 0.3) is 0 Å². The molecular formula is C16H26N2OS. The monoisotopic (exact) mass is 294 g/mol. The maximum Gasteiger partial charge on any atom is 0.232 e. The van der Waals surface area contributed by atoms with Gasteiger partial charge in [0, 0.05) is 24.0 Å². The van der Waals surface area contributed by atoms with Crippen LogP contribution in [0.25, 0.3) is 0 Å². The summed E-state index contributed by atoms with van der Waals surface area (Å²) in [4.78, 5) is 15.0. The second-order valence-electron chi connectivity index (χ2n) is 4.71. The molecular weight excluding hydrogens is 268 g/mol. The largest absolute Gasteiger partial charge is 0.343 e. The fourth-order valence-electron chi connectivity index (χ4n) is 2.11.